The van der Waals surface area contributed by atoms with Crippen LogP contribution >= 0.6 is 0 Å². The molecular formula is C31H34N4O3. The first kappa shape index (κ1) is 25.7. The molecule has 0 unspecified atom stereocenters. The van der Waals surface area contributed by atoms with Gasteiger partial charge in [0.25, 0.3) is 0 Å². The van der Waals surface area contributed by atoms with Crippen molar-refractivity contribution >= 4 is 22.5 Å². The summed E-state index contributed by atoms with van der Waals surface area (Å²) < 4.78 is 10.8. The van der Waals surface area contributed by atoms with Crippen LogP contribution in [0, 0.1) is 6.92 Å². The fourth-order valence-electron chi connectivity index (χ4n) is 5.30. The van der Waals surface area contributed by atoms with Crippen molar-refractivity contribution in [2.45, 2.75) is 18.9 Å². The Bertz CT molecular complexity index is 1390. The van der Waals surface area contributed by atoms with Crippen LogP contribution < -0.4 is 15.4 Å². The molecule has 0 saturated carbocycles. The van der Waals surface area contributed by atoms with Crippen LogP contribution in [-0.2, 0) is 4.74 Å². The van der Waals surface area contributed by atoms with Crippen LogP contribution in [-0.4, -0.2) is 62.4 Å². The number of amides is 2. The topological polar surface area (TPSA) is 75.7 Å². The van der Waals surface area contributed by atoms with Gasteiger partial charge in [-0.1, -0.05) is 60.7 Å². The second-order valence-corrected chi connectivity index (χ2v) is 9.67. The third-order valence-electron chi connectivity index (χ3n) is 7.24. The Balaban J connectivity index is 1.47. The predicted molar refractivity (Wildman–Crippen MR) is 152 cm³/mol. The average molecular weight is 511 g/mol. The van der Waals surface area contributed by atoms with Crippen LogP contribution in [0.3, 0.4) is 0 Å². The standard InChI is InChI=1S/C31H34N4O3/c1-21-26-18-24(38-3)14-15-25(26)30(29(32-21)23-12-8-5-9-13-23)34-31(36)33-28-20-35(16-17-37-2)19-27(28)22-10-6-4-7-11-22/h4-15,18,27-28H,16-17,19-20H2,1-3H3,(H2,33,34,36)/t27-,28+/m0/s1. The predicted octanol–water partition coefficient (Wildman–Crippen LogP) is 5.45. The molecule has 1 aliphatic heterocycles. The maximum absolute atomic E-state index is 13.6. The summed E-state index contributed by atoms with van der Waals surface area (Å²) in [6, 6.07) is 25.9. The second kappa shape index (κ2) is 11.6. The number of benzene rings is 3. The number of anilines is 1. The molecule has 0 radical (unpaired) electrons. The number of carbonyl (C=O) groups excluding carboxylic acids is 1. The van der Waals surface area contributed by atoms with E-state index in [1.54, 1.807) is 14.2 Å². The van der Waals surface area contributed by atoms with E-state index in [0.717, 1.165) is 53.1 Å². The molecule has 1 saturated heterocycles. The van der Waals surface area contributed by atoms with Gasteiger partial charge in [-0.15, -0.1) is 0 Å². The van der Waals surface area contributed by atoms with E-state index < -0.39 is 0 Å². The second-order valence-electron chi connectivity index (χ2n) is 9.67. The number of urea groups is 1. The fourth-order valence-corrected chi connectivity index (χ4v) is 5.30. The smallest absolute Gasteiger partial charge is 0.319 e. The van der Waals surface area contributed by atoms with Crippen molar-refractivity contribution in [3.63, 3.8) is 0 Å². The number of hydrogen-bond donors (Lipinski definition) is 2. The highest BCUT2D eigenvalue weighted by molar-refractivity contribution is 6.07. The van der Waals surface area contributed by atoms with Gasteiger partial charge in [-0.3, -0.25) is 9.88 Å². The Hall–Kier alpha value is -3.94. The van der Waals surface area contributed by atoms with Crippen LogP contribution in [0.25, 0.3) is 22.0 Å². The summed E-state index contributed by atoms with van der Waals surface area (Å²) in [7, 11) is 3.36. The molecule has 196 valence electrons. The molecule has 7 heteroatoms. The highest BCUT2D eigenvalue weighted by Crippen LogP contribution is 2.36. The molecule has 0 spiro atoms. The normalized spacial score (nSPS) is 17.4. The van der Waals surface area contributed by atoms with Crippen molar-refractivity contribution in [1.29, 1.82) is 0 Å². The number of fused-ring (bicyclic) bond motifs is 1. The SMILES string of the molecule is COCCN1C[C@@H](NC(=O)Nc2c(-c3ccccc3)nc(C)c3cc(OC)ccc23)[C@H](c2ccccc2)C1. The van der Waals surface area contributed by atoms with E-state index in [1.807, 2.05) is 61.5 Å². The van der Waals surface area contributed by atoms with Crippen LogP contribution in [0.1, 0.15) is 17.2 Å². The minimum atomic E-state index is -0.246. The maximum Gasteiger partial charge on any atom is 0.319 e. The molecule has 0 bridgehead atoms. The minimum absolute atomic E-state index is 0.0424. The minimum Gasteiger partial charge on any atom is -0.497 e. The Morgan fingerprint density at radius 1 is 0.974 bits per heavy atom. The van der Waals surface area contributed by atoms with E-state index in [9.17, 15) is 4.79 Å². The number of aryl methyl sites for hydroxylation is 1. The number of methoxy groups -OCH3 is 2. The lowest BCUT2D eigenvalue weighted by Gasteiger charge is -2.22. The van der Waals surface area contributed by atoms with Crippen LogP contribution in [0.15, 0.2) is 78.9 Å². The van der Waals surface area contributed by atoms with E-state index in [1.165, 1.54) is 5.56 Å². The van der Waals surface area contributed by atoms with Gasteiger partial charge in [0, 0.05) is 54.7 Å². The number of rotatable bonds is 8. The summed E-state index contributed by atoms with van der Waals surface area (Å²) in [6.45, 7) is 5.08. The Morgan fingerprint density at radius 2 is 1.71 bits per heavy atom. The highest BCUT2D eigenvalue weighted by Gasteiger charge is 2.34. The Morgan fingerprint density at radius 3 is 2.42 bits per heavy atom. The molecule has 7 nitrogen and oxygen atoms in total. The van der Waals surface area contributed by atoms with Crippen molar-refractivity contribution in [3.05, 3.63) is 90.1 Å². The summed E-state index contributed by atoms with van der Waals surface area (Å²) in [5.74, 6) is 0.933. The fraction of sp³-hybridized carbons (Fsp3) is 0.290. The lowest BCUT2D eigenvalue weighted by molar-refractivity contribution is 0.159. The van der Waals surface area contributed by atoms with Gasteiger partial charge in [0.1, 0.15) is 5.75 Å². The van der Waals surface area contributed by atoms with Crippen molar-refractivity contribution < 1.29 is 14.3 Å². The molecule has 38 heavy (non-hydrogen) atoms. The molecule has 2 heterocycles. The van der Waals surface area contributed by atoms with E-state index >= 15 is 0 Å². The van der Waals surface area contributed by atoms with Crippen LogP contribution in [0.4, 0.5) is 10.5 Å². The highest BCUT2D eigenvalue weighted by atomic mass is 16.5. The largest absolute Gasteiger partial charge is 0.497 e. The van der Waals surface area contributed by atoms with Crippen molar-refractivity contribution in [2.24, 2.45) is 0 Å². The molecule has 2 amide bonds. The molecule has 0 aliphatic carbocycles. The van der Waals surface area contributed by atoms with Crippen molar-refractivity contribution in [1.82, 2.24) is 15.2 Å². The Labute approximate surface area is 223 Å². The number of aromatic nitrogens is 1. The van der Waals surface area contributed by atoms with Gasteiger partial charge in [0.05, 0.1) is 31.1 Å². The third-order valence-corrected chi connectivity index (χ3v) is 7.24. The van der Waals surface area contributed by atoms with Gasteiger partial charge in [0.15, 0.2) is 0 Å². The lowest BCUT2D eigenvalue weighted by atomic mass is 9.94. The summed E-state index contributed by atoms with van der Waals surface area (Å²) in [6.07, 6.45) is 0. The van der Waals surface area contributed by atoms with E-state index in [2.05, 4.69) is 39.8 Å². The van der Waals surface area contributed by atoms with E-state index in [-0.39, 0.29) is 18.0 Å². The zero-order chi connectivity index (χ0) is 26.5. The van der Waals surface area contributed by atoms with Gasteiger partial charge in [-0.05, 0) is 30.7 Å². The first-order valence-electron chi connectivity index (χ1n) is 12.9. The molecule has 4 aromatic rings. The Kier molecular flexibility index (Phi) is 7.86. The number of nitrogens with one attached hydrogen (secondary N) is 2. The summed E-state index contributed by atoms with van der Waals surface area (Å²) in [4.78, 5) is 20.8. The van der Waals surface area contributed by atoms with Crippen molar-refractivity contribution in [3.8, 4) is 17.0 Å². The number of hydrogen-bond acceptors (Lipinski definition) is 5. The third kappa shape index (κ3) is 5.49. The lowest BCUT2D eigenvalue weighted by Crippen LogP contribution is -2.42. The number of ether oxygens (including phenoxy) is 2. The first-order chi connectivity index (χ1) is 18.6. The molecule has 2 N–H and O–H groups in total. The summed E-state index contributed by atoms with van der Waals surface area (Å²) in [5.41, 5.74) is 4.46. The number of likely N-dealkylation sites (tertiary alicyclic amines) is 1. The summed E-state index contributed by atoms with van der Waals surface area (Å²) in [5, 5.41) is 8.31. The monoisotopic (exact) mass is 510 g/mol. The molecule has 5 rings (SSSR count). The maximum atomic E-state index is 13.6. The van der Waals surface area contributed by atoms with Crippen molar-refractivity contribution in [2.75, 3.05) is 45.8 Å². The van der Waals surface area contributed by atoms with Gasteiger partial charge in [-0.25, -0.2) is 4.79 Å². The molecular weight excluding hydrogens is 476 g/mol. The van der Waals surface area contributed by atoms with Gasteiger partial charge in [-0.2, -0.15) is 0 Å². The number of nitrogens with zero attached hydrogens (tertiary/aromatic N) is 2. The van der Waals surface area contributed by atoms with Crippen LogP contribution in [0.2, 0.25) is 0 Å². The zero-order valence-electron chi connectivity index (χ0n) is 22.1. The number of pyridine rings is 1. The molecule has 3 aromatic carbocycles. The zero-order valence-corrected chi connectivity index (χ0v) is 22.1. The first-order valence-corrected chi connectivity index (χ1v) is 12.9. The molecule has 1 aromatic heterocycles. The summed E-state index contributed by atoms with van der Waals surface area (Å²) >= 11 is 0. The van der Waals surface area contributed by atoms with Gasteiger partial charge >= 0.3 is 6.03 Å². The van der Waals surface area contributed by atoms with E-state index in [4.69, 9.17) is 14.5 Å². The van der Waals surface area contributed by atoms with E-state index in [0.29, 0.717) is 12.3 Å². The molecule has 2 atom stereocenters. The average Bonchev–Trinajstić information content (AvgIpc) is 3.36. The van der Waals surface area contributed by atoms with Gasteiger partial charge in [0.2, 0.25) is 0 Å². The number of carbonyl (C=O) groups is 1. The molecule has 1 aliphatic rings. The van der Waals surface area contributed by atoms with Crippen LogP contribution in [0.5, 0.6) is 5.75 Å². The molecule has 1 fully saturated rings. The van der Waals surface area contributed by atoms with Gasteiger partial charge < -0.3 is 20.1 Å². The quantitative estimate of drug-likeness (QED) is 0.330.